The zero-order valence-electron chi connectivity index (χ0n) is 18.7. The van der Waals surface area contributed by atoms with Crippen LogP contribution in [0.1, 0.15) is 49.4 Å². The Morgan fingerprint density at radius 1 is 1.21 bits per heavy atom. The maximum Gasteiger partial charge on any atom is 0.249 e. The van der Waals surface area contributed by atoms with Gasteiger partial charge in [-0.3, -0.25) is 14.6 Å². The SMILES string of the molecule is COc1cncc([C@@H]2CCON2C(=O)C2CCC(Cn3ccc4ccc(C#N)cc43)CC2)n1. The fourth-order valence-electron chi connectivity index (χ4n) is 5.04. The number of nitriles is 1. The van der Waals surface area contributed by atoms with Gasteiger partial charge in [-0.05, 0) is 55.2 Å². The zero-order chi connectivity index (χ0) is 22.8. The number of hydrogen-bond donors (Lipinski definition) is 0. The molecule has 2 fully saturated rings. The number of aromatic nitrogens is 3. The Hall–Kier alpha value is -3.44. The van der Waals surface area contributed by atoms with E-state index in [4.69, 9.17) is 9.57 Å². The smallest absolute Gasteiger partial charge is 0.249 e. The standard InChI is InChI=1S/C25H27N5O3/c1-32-24-15-27-14-21(28-24)22-9-11-33-30(22)25(31)20-6-2-17(3-7-20)16-29-10-8-19-5-4-18(13-26)12-23(19)29/h4-5,8,10,12,14-15,17,20,22H,2-3,6-7,9,11,16H2,1H3/t17?,20?,22-/m0/s1. The van der Waals surface area contributed by atoms with Crippen LogP contribution in [-0.4, -0.2) is 39.2 Å². The average molecular weight is 446 g/mol. The van der Waals surface area contributed by atoms with Crippen LogP contribution in [0.5, 0.6) is 5.88 Å². The summed E-state index contributed by atoms with van der Waals surface area (Å²) in [4.78, 5) is 27.7. The van der Waals surface area contributed by atoms with Gasteiger partial charge < -0.3 is 9.30 Å². The highest BCUT2D eigenvalue weighted by Gasteiger charge is 2.38. The van der Waals surface area contributed by atoms with Crippen molar-refractivity contribution in [3.05, 3.63) is 54.1 Å². The lowest BCUT2D eigenvalue weighted by Gasteiger charge is -2.32. The van der Waals surface area contributed by atoms with E-state index in [2.05, 4.69) is 32.9 Å². The average Bonchev–Trinajstić information content (AvgIpc) is 3.51. The van der Waals surface area contributed by atoms with E-state index in [-0.39, 0.29) is 17.9 Å². The molecule has 0 bridgehead atoms. The van der Waals surface area contributed by atoms with Gasteiger partial charge in [0.1, 0.15) is 6.04 Å². The van der Waals surface area contributed by atoms with Crippen LogP contribution in [0.3, 0.4) is 0 Å². The molecule has 170 valence electrons. The molecule has 33 heavy (non-hydrogen) atoms. The third-order valence-corrected chi connectivity index (χ3v) is 6.86. The van der Waals surface area contributed by atoms with Gasteiger partial charge in [-0.15, -0.1) is 0 Å². The van der Waals surface area contributed by atoms with Gasteiger partial charge in [0.2, 0.25) is 11.8 Å². The van der Waals surface area contributed by atoms with E-state index < -0.39 is 0 Å². The summed E-state index contributed by atoms with van der Waals surface area (Å²) < 4.78 is 7.43. The summed E-state index contributed by atoms with van der Waals surface area (Å²) in [5, 5.41) is 11.9. The van der Waals surface area contributed by atoms with Gasteiger partial charge in [0.15, 0.2) is 0 Å². The van der Waals surface area contributed by atoms with Gasteiger partial charge in [-0.2, -0.15) is 5.26 Å². The van der Waals surface area contributed by atoms with E-state index in [0.29, 0.717) is 36.1 Å². The lowest BCUT2D eigenvalue weighted by molar-refractivity contribution is -0.183. The summed E-state index contributed by atoms with van der Waals surface area (Å²) in [5.41, 5.74) is 2.47. The number of fused-ring (bicyclic) bond motifs is 1. The lowest BCUT2D eigenvalue weighted by atomic mass is 9.81. The lowest BCUT2D eigenvalue weighted by Crippen LogP contribution is -2.37. The highest BCUT2D eigenvalue weighted by molar-refractivity contribution is 5.81. The number of carbonyl (C=O) groups excluding carboxylic acids is 1. The second-order valence-corrected chi connectivity index (χ2v) is 8.86. The van der Waals surface area contributed by atoms with Crippen molar-refractivity contribution in [2.24, 2.45) is 11.8 Å². The Labute approximate surface area is 192 Å². The van der Waals surface area contributed by atoms with Crippen LogP contribution in [0, 0.1) is 23.2 Å². The number of hydrogen-bond acceptors (Lipinski definition) is 6. The number of nitrogens with zero attached hydrogens (tertiary/aromatic N) is 5. The number of methoxy groups -OCH3 is 1. The molecule has 1 amide bonds. The molecule has 3 heterocycles. The molecule has 0 N–H and O–H groups in total. The number of amides is 1. The second-order valence-electron chi connectivity index (χ2n) is 8.86. The van der Waals surface area contributed by atoms with Gasteiger partial charge in [-0.1, -0.05) is 6.07 Å². The predicted molar refractivity (Wildman–Crippen MR) is 121 cm³/mol. The van der Waals surface area contributed by atoms with Crippen molar-refractivity contribution in [1.82, 2.24) is 19.6 Å². The molecule has 0 unspecified atom stereocenters. The first-order valence-electron chi connectivity index (χ1n) is 11.5. The fourth-order valence-corrected chi connectivity index (χ4v) is 5.04. The van der Waals surface area contributed by atoms with E-state index in [1.807, 2.05) is 18.2 Å². The Balaban J connectivity index is 1.22. The van der Waals surface area contributed by atoms with Crippen molar-refractivity contribution in [3.8, 4) is 11.9 Å². The quantitative estimate of drug-likeness (QED) is 0.589. The van der Waals surface area contributed by atoms with Crippen molar-refractivity contribution in [3.63, 3.8) is 0 Å². The summed E-state index contributed by atoms with van der Waals surface area (Å²) in [6, 6.07) is 9.90. The maximum atomic E-state index is 13.3. The molecule has 8 nitrogen and oxygen atoms in total. The van der Waals surface area contributed by atoms with Crippen LogP contribution in [0.15, 0.2) is 42.9 Å². The van der Waals surface area contributed by atoms with Crippen LogP contribution in [-0.2, 0) is 16.2 Å². The van der Waals surface area contributed by atoms with E-state index >= 15 is 0 Å². The largest absolute Gasteiger partial charge is 0.480 e. The number of carbonyl (C=O) groups is 1. The first-order chi connectivity index (χ1) is 16.2. The van der Waals surface area contributed by atoms with Crippen molar-refractivity contribution < 1.29 is 14.4 Å². The zero-order valence-corrected chi connectivity index (χ0v) is 18.7. The van der Waals surface area contributed by atoms with Gasteiger partial charge in [0.25, 0.3) is 0 Å². The minimum Gasteiger partial charge on any atom is -0.480 e. The maximum absolute atomic E-state index is 13.3. The van der Waals surface area contributed by atoms with Gasteiger partial charge in [-0.25, -0.2) is 10.0 Å². The highest BCUT2D eigenvalue weighted by Crippen LogP contribution is 2.36. The van der Waals surface area contributed by atoms with Crippen molar-refractivity contribution in [1.29, 1.82) is 5.26 Å². The van der Waals surface area contributed by atoms with Gasteiger partial charge >= 0.3 is 0 Å². The second kappa shape index (κ2) is 9.20. The van der Waals surface area contributed by atoms with E-state index in [9.17, 15) is 10.1 Å². The van der Waals surface area contributed by atoms with Gasteiger partial charge in [0, 0.05) is 30.6 Å². The molecular formula is C25H27N5O3. The van der Waals surface area contributed by atoms with Gasteiger partial charge in [0.05, 0.1) is 43.4 Å². The minimum atomic E-state index is -0.224. The molecular weight excluding hydrogens is 418 g/mol. The Morgan fingerprint density at radius 2 is 2.06 bits per heavy atom. The molecule has 1 saturated carbocycles. The third kappa shape index (κ3) is 4.29. The topological polar surface area (TPSA) is 93.3 Å². The van der Waals surface area contributed by atoms with Crippen molar-refractivity contribution >= 4 is 16.8 Å². The molecule has 1 aliphatic carbocycles. The van der Waals surface area contributed by atoms with Crippen LogP contribution >= 0.6 is 0 Å². The molecule has 8 heteroatoms. The molecule has 0 spiro atoms. The number of rotatable bonds is 5. The van der Waals surface area contributed by atoms with E-state index in [1.54, 1.807) is 19.5 Å². The van der Waals surface area contributed by atoms with Crippen molar-refractivity contribution in [2.75, 3.05) is 13.7 Å². The van der Waals surface area contributed by atoms with Crippen LogP contribution in [0.2, 0.25) is 0 Å². The number of benzene rings is 1. The summed E-state index contributed by atoms with van der Waals surface area (Å²) in [5.74, 6) is 0.958. The summed E-state index contributed by atoms with van der Waals surface area (Å²) in [6.07, 6.45) is 9.72. The van der Waals surface area contributed by atoms with Crippen LogP contribution in [0.25, 0.3) is 10.9 Å². The number of ether oxygens (including phenoxy) is 1. The van der Waals surface area contributed by atoms with E-state index in [0.717, 1.165) is 43.1 Å². The summed E-state index contributed by atoms with van der Waals surface area (Å²) >= 11 is 0. The highest BCUT2D eigenvalue weighted by atomic mass is 16.7. The summed E-state index contributed by atoms with van der Waals surface area (Å²) in [7, 11) is 1.55. The monoisotopic (exact) mass is 445 g/mol. The first-order valence-corrected chi connectivity index (χ1v) is 11.5. The van der Waals surface area contributed by atoms with Crippen LogP contribution in [0.4, 0.5) is 0 Å². The molecule has 1 aromatic carbocycles. The normalized spacial score (nSPS) is 22.9. The molecule has 1 aliphatic heterocycles. The summed E-state index contributed by atoms with van der Waals surface area (Å²) in [6.45, 7) is 1.40. The molecule has 5 rings (SSSR count). The number of hydroxylamine groups is 2. The first kappa shape index (κ1) is 21.4. The predicted octanol–water partition coefficient (Wildman–Crippen LogP) is 4.02. The Bertz CT molecular complexity index is 1190. The fraction of sp³-hybridized carbons (Fsp3) is 0.440. The molecule has 1 atom stereocenters. The minimum absolute atomic E-state index is 0.0352. The third-order valence-electron chi connectivity index (χ3n) is 6.86. The molecule has 0 radical (unpaired) electrons. The Morgan fingerprint density at radius 3 is 2.85 bits per heavy atom. The molecule has 2 aromatic heterocycles. The van der Waals surface area contributed by atoms with E-state index in [1.165, 1.54) is 5.06 Å². The van der Waals surface area contributed by atoms with Crippen LogP contribution < -0.4 is 4.74 Å². The molecule has 3 aromatic rings. The van der Waals surface area contributed by atoms with Crippen molar-refractivity contribution in [2.45, 2.75) is 44.7 Å². The Kier molecular flexibility index (Phi) is 5.97. The molecule has 1 saturated heterocycles. The molecule has 2 aliphatic rings.